The molecule has 2 aromatic carbocycles. The highest BCUT2D eigenvalue weighted by atomic mass is 15.3. The monoisotopic (exact) mass is 206 g/mol. The van der Waals surface area contributed by atoms with E-state index in [0.717, 1.165) is 16.6 Å². The highest BCUT2D eigenvalue weighted by molar-refractivity contribution is 5.85. The first-order chi connectivity index (χ1) is 7.93. The van der Waals surface area contributed by atoms with Crippen LogP contribution in [0.4, 0.5) is 0 Å². The van der Waals surface area contributed by atoms with E-state index in [9.17, 15) is 0 Å². The summed E-state index contributed by atoms with van der Waals surface area (Å²) in [6, 6.07) is 17.3. The van der Waals surface area contributed by atoms with E-state index in [-0.39, 0.29) is 0 Å². The lowest BCUT2D eigenvalue weighted by atomic mass is 10.1. The lowest BCUT2D eigenvalue weighted by Crippen LogP contribution is -1.89. The second-order valence-electron chi connectivity index (χ2n) is 3.47. The van der Waals surface area contributed by atoms with Crippen LogP contribution in [0, 0.1) is 6.07 Å². The van der Waals surface area contributed by atoms with Crippen molar-refractivity contribution >= 4 is 10.8 Å². The van der Waals surface area contributed by atoms with E-state index in [1.807, 2.05) is 30.3 Å². The minimum atomic E-state index is 0.792. The number of nitrogens with zero attached hydrogens (tertiary/aromatic N) is 3. The average molecular weight is 206 g/mol. The van der Waals surface area contributed by atoms with Crippen molar-refractivity contribution in [2.75, 3.05) is 0 Å². The van der Waals surface area contributed by atoms with Gasteiger partial charge in [-0.3, -0.25) is 0 Å². The molecule has 0 aliphatic heterocycles. The number of fused-ring (bicyclic) bond motifs is 1. The molecule has 3 nitrogen and oxygen atoms in total. The van der Waals surface area contributed by atoms with Gasteiger partial charge in [0.05, 0.1) is 11.9 Å². The second kappa shape index (κ2) is 3.70. The van der Waals surface area contributed by atoms with Crippen LogP contribution in [0.1, 0.15) is 0 Å². The Morgan fingerprint density at radius 2 is 1.88 bits per heavy atom. The zero-order chi connectivity index (χ0) is 10.8. The lowest BCUT2D eigenvalue weighted by molar-refractivity contribution is 0.870. The Morgan fingerprint density at radius 3 is 2.75 bits per heavy atom. The molecule has 0 fully saturated rings. The van der Waals surface area contributed by atoms with Crippen molar-refractivity contribution in [1.82, 2.24) is 15.4 Å². The standard InChI is InChI=1S/C13H8N3/c1-2-4-11-9-12(6-5-10(11)3-1)13-7-8-14-16-15-13/h1-8H. The summed E-state index contributed by atoms with van der Waals surface area (Å²) in [6.07, 6.45) is 1.63. The van der Waals surface area contributed by atoms with Crippen LogP contribution in [-0.2, 0) is 0 Å². The zero-order valence-electron chi connectivity index (χ0n) is 8.46. The van der Waals surface area contributed by atoms with Crippen molar-refractivity contribution in [2.24, 2.45) is 0 Å². The van der Waals surface area contributed by atoms with Gasteiger partial charge in [0.15, 0.2) is 0 Å². The molecule has 0 amide bonds. The first kappa shape index (κ1) is 8.97. The summed E-state index contributed by atoms with van der Waals surface area (Å²) in [5.74, 6) is 0. The number of aromatic nitrogens is 3. The Balaban J connectivity index is 2.19. The largest absolute Gasteiger partial charge is 0.139 e. The third-order valence-electron chi connectivity index (χ3n) is 2.44. The van der Waals surface area contributed by atoms with Gasteiger partial charge in [-0.05, 0) is 22.1 Å². The van der Waals surface area contributed by atoms with Crippen LogP contribution in [0.25, 0.3) is 22.0 Å². The van der Waals surface area contributed by atoms with Gasteiger partial charge in [-0.2, -0.15) is 0 Å². The predicted molar refractivity (Wildman–Crippen MR) is 61.6 cm³/mol. The minimum Gasteiger partial charge on any atom is -0.139 e. The fraction of sp³-hybridized carbons (Fsp3) is 0. The third kappa shape index (κ3) is 1.52. The van der Waals surface area contributed by atoms with Crippen LogP contribution in [0.5, 0.6) is 0 Å². The number of hydrogen-bond acceptors (Lipinski definition) is 3. The highest BCUT2D eigenvalue weighted by Crippen LogP contribution is 2.21. The van der Waals surface area contributed by atoms with E-state index in [1.54, 1.807) is 6.20 Å². The van der Waals surface area contributed by atoms with Crippen molar-refractivity contribution in [2.45, 2.75) is 0 Å². The van der Waals surface area contributed by atoms with Crippen LogP contribution in [0.3, 0.4) is 0 Å². The molecule has 1 aromatic heterocycles. The molecular weight excluding hydrogens is 198 g/mol. The molecule has 16 heavy (non-hydrogen) atoms. The van der Waals surface area contributed by atoms with Gasteiger partial charge < -0.3 is 0 Å². The first-order valence-corrected chi connectivity index (χ1v) is 4.99. The van der Waals surface area contributed by atoms with Crippen LogP contribution in [0.15, 0.2) is 48.7 Å². The van der Waals surface area contributed by atoms with Gasteiger partial charge in [0.2, 0.25) is 0 Å². The highest BCUT2D eigenvalue weighted by Gasteiger charge is 2.00. The molecule has 0 unspecified atom stereocenters. The lowest BCUT2D eigenvalue weighted by Gasteiger charge is -2.00. The zero-order valence-corrected chi connectivity index (χ0v) is 8.46. The van der Waals surface area contributed by atoms with E-state index in [4.69, 9.17) is 0 Å². The molecule has 0 bridgehead atoms. The maximum absolute atomic E-state index is 3.96. The fourth-order valence-electron chi connectivity index (χ4n) is 1.65. The predicted octanol–water partition coefficient (Wildman–Crippen LogP) is 2.49. The van der Waals surface area contributed by atoms with Crippen LogP contribution in [-0.4, -0.2) is 15.4 Å². The summed E-state index contributed by atoms with van der Waals surface area (Å²) in [5.41, 5.74) is 1.73. The van der Waals surface area contributed by atoms with Gasteiger partial charge in [-0.1, -0.05) is 36.4 Å². The summed E-state index contributed by atoms with van der Waals surface area (Å²) in [6.45, 7) is 0. The molecule has 3 aromatic rings. The van der Waals surface area contributed by atoms with Gasteiger partial charge in [-0.25, -0.2) is 0 Å². The first-order valence-electron chi connectivity index (χ1n) is 4.99. The molecule has 0 atom stereocenters. The number of benzene rings is 2. The van der Waals surface area contributed by atoms with E-state index in [1.165, 1.54) is 5.39 Å². The molecule has 1 heterocycles. The molecule has 0 aliphatic rings. The molecule has 0 saturated carbocycles. The topological polar surface area (TPSA) is 38.7 Å². The third-order valence-corrected chi connectivity index (χ3v) is 2.44. The van der Waals surface area contributed by atoms with Crippen LogP contribution < -0.4 is 0 Å². The molecule has 3 rings (SSSR count). The maximum atomic E-state index is 3.96. The maximum Gasteiger partial charge on any atom is 0.0969 e. The normalized spacial score (nSPS) is 10.5. The van der Waals surface area contributed by atoms with Gasteiger partial charge in [0, 0.05) is 11.6 Å². The van der Waals surface area contributed by atoms with E-state index >= 15 is 0 Å². The summed E-state index contributed by atoms with van der Waals surface area (Å²) < 4.78 is 0. The molecular formula is C13H8N3. The Hall–Kier alpha value is -2.29. The molecule has 0 aliphatic carbocycles. The van der Waals surface area contributed by atoms with Gasteiger partial charge in [-0.15, -0.1) is 10.2 Å². The van der Waals surface area contributed by atoms with Gasteiger partial charge in [0.25, 0.3) is 0 Å². The summed E-state index contributed by atoms with van der Waals surface area (Å²) in [5, 5.41) is 13.5. The fourth-order valence-corrected chi connectivity index (χ4v) is 1.65. The van der Waals surface area contributed by atoms with Gasteiger partial charge >= 0.3 is 0 Å². The molecule has 3 heteroatoms. The van der Waals surface area contributed by atoms with E-state index in [0.29, 0.717) is 0 Å². The van der Waals surface area contributed by atoms with Crippen molar-refractivity contribution in [3.8, 4) is 11.3 Å². The summed E-state index contributed by atoms with van der Waals surface area (Å²) >= 11 is 0. The Kier molecular flexibility index (Phi) is 2.07. The molecule has 75 valence electrons. The van der Waals surface area contributed by atoms with Gasteiger partial charge in [0.1, 0.15) is 0 Å². The van der Waals surface area contributed by atoms with Crippen molar-refractivity contribution in [1.29, 1.82) is 0 Å². The van der Waals surface area contributed by atoms with Crippen LogP contribution in [0.2, 0.25) is 0 Å². The van der Waals surface area contributed by atoms with E-state index < -0.39 is 0 Å². The van der Waals surface area contributed by atoms with E-state index in [2.05, 4.69) is 33.6 Å². The number of rotatable bonds is 1. The summed E-state index contributed by atoms with van der Waals surface area (Å²) in [7, 11) is 0. The smallest absolute Gasteiger partial charge is 0.0969 e. The Morgan fingerprint density at radius 1 is 0.938 bits per heavy atom. The second-order valence-corrected chi connectivity index (χ2v) is 3.47. The van der Waals surface area contributed by atoms with Crippen molar-refractivity contribution in [3.63, 3.8) is 0 Å². The SMILES string of the molecule is [c]1c(-c2ccnnn2)ccc2ccccc12. The minimum absolute atomic E-state index is 0.792. The average Bonchev–Trinajstić information content (AvgIpc) is 2.39. The molecule has 0 N–H and O–H groups in total. The Bertz CT molecular complexity index is 620. The van der Waals surface area contributed by atoms with Crippen molar-refractivity contribution in [3.05, 3.63) is 54.7 Å². The van der Waals surface area contributed by atoms with Crippen LogP contribution >= 0.6 is 0 Å². The van der Waals surface area contributed by atoms with Crippen molar-refractivity contribution < 1.29 is 0 Å². The number of hydrogen-bond donors (Lipinski definition) is 0. The molecule has 1 radical (unpaired) electrons. The Labute approximate surface area is 92.8 Å². The molecule has 0 spiro atoms. The molecule has 0 saturated heterocycles. The quantitative estimate of drug-likeness (QED) is 0.614. The summed E-state index contributed by atoms with van der Waals surface area (Å²) in [4.78, 5) is 0.